The number of aryl methyl sites for hydroxylation is 1. The molecule has 0 amide bonds. The van der Waals surface area contributed by atoms with Crippen molar-refractivity contribution >= 4 is 34.1 Å². The Labute approximate surface area is 253 Å². The van der Waals surface area contributed by atoms with E-state index in [2.05, 4.69) is 170 Å². The van der Waals surface area contributed by atoms with Crippen molar-refractivity contribution in [1.29, 1.82) is 0 Å². The molecule has 6 aromatic rings. The summed E-state index contributed by atoms with van der Waals surface area (Å²) in [7, 11) is 0. The number of benzene rings is 6. The van der Waals surface area contributed by atoms with Crippen molar-refractivity contribution in [1.82, 2.24) is 0 Å². The average Bonchev–Trinajstić information content (AvgIpc) is 3.04. The zero-order valence-corrected chi connectivity index (χ0v) is 24.6. The molecule has 0 aromatic heterocycles. The van der Waals surface area contributed by atoms with E-state index in [1.165, 1.54) is 33.5 Å². The lowest BCUT2D eigenvalue weighted by molar-refractivity contribution is 0.471. The summed E-state index contributed by atoms with van der Waals surface area (Å²) in [5, 5.41) is 0. The highest BCUT2D eigenvalue weighted by Crippen LogP contribution is 2.61. The third-order valence-corrected chi connectivity index (χ3v) is 8.94. The van der Waals surface area contributed by atoms with Gasteiger partial charge in [-0.1, -0.05) is 105 Å². The quantitative estimate of drug-likeness (QED) is 0.214. The molecule has 43 heavy (non-hydrogen) atoms. The van der Waals surface area contributed by atoms with E-state index in [1.807, 2.05) is 0 Å². The lowest BCUT2D eigenvalue weighted by Gasteiger charge is -2.45. The maximum atomic E-state index is 6.53. The van der Waals surface area contributed by atoms with Crippen molar-refractivity contribution in [2.45, 2.75) is 26.2 Å². The highest BCUT2D eigenvalue weighted by molar-refractivity contribution is 5.95. The minimum Gasteiger partial charge on any atom is -0.453 e. The van der Waals surface area contributed by atoms with E-state index in [0.29, 0.717) is 0 Å². The van der Waals surface area contributed by atoms with Gasteiger partial charge in [0.1, 0.15) is 0 Å². The third-order valence-electron chi connectivity index (χ3n) is 8.94. The fourth-order valence-corrected chi connectivity index (χ4v) is 6.79. The van der Waals surface area contributed by atoms with Crippen LogP contribution in [0.4, 0.5) is 34.1 Å². The fraction of sp³-hybridized carbons (Fsp3) is 0.100. The number of rotatable bonds is 4. The molecule has 208 valence electrons. The number of hydrogen-bond donors (Lipinski definition) is 0. The first-order valence-corrected chi connectivity index (χ1v) is 14.9. The molecule has 2 aliphatic rings. The van der Waals surface area contributed by atoms with Crippen molar-refractivity contribution in [2.75, 3.05) is 9.80 Å². The molecule has 0 bridgehead atoms. The van der Waals surface area contributed by atoms with Crippen LogP contribution in [0.25, 0.3) is 11.1 Å². The molecule has 0 N–H and O–H groups in total. The first-order chi connectivity index (χ1) is 21.0. The maximum Gasteiger partial charge on any atom is 0.151 e. The molecule has 2 aliphatic heterocycles. The molecule has 0 radical (unpaired) electrons. The summed E-state index contributed by atoms with van der Waals surface area (Å²) in [4.78, 5) is 4.78. The molecule has 0 unspecified atom stereocenters. The van der Waals surface area contributed by atoms with Crippen LogP contribution >= 0.6 is 0 Å². The van der Waals surface area contributed by atoms with Gasteiger partial charge in [0.05, 0.1) is 17.1 Å². The fourth-order valence-electron chi connectivity index (χ4n) is 6.79. The molecule has 0 saturated carbocycles. The molecule has 3 nitrogen and oxygen atoms in total. The topological polar surface area (TPSA) is 15.7 Å². The van der Waals surface area contributed by atoms with Crippen LogP contribution in [0, 0.1) is 6.92 Å². The number of hydrogen-bond acceptors (Lipinski definition) is 3. The lowest BCUT2D eigenvalue weighted by atomic mass is 9.73. The van der Waals surface area contributed by atoms with Gasteiger partial charge in [-0.25, -0.2) is 0 Å². The van der Waals surface area contributed by atoms with Crippen LogP contribution in [0.5, 0.6) is 11.5 Å². The summed E-state index contributed by atoms with van der Waals surface area (Å²) in [5.41, 5.74) is 12.7. The van der Waals surface area contributed by atoms with Gasteiger partial charge in [-0.15, -0.1) is 0 Å². The van der Waals surface area contributed by atoms with Gasteiger partial charge in [-0.2, -0.15) is 0 Å². The van der Waals surface area contributed by atoms with Crippen molar-refractivity contribution in [3.8, 4) is 22.6 Å². The standard InChI is InChI=1S/C40H32N2O/c1-27-12-10-18-36-38(27)42-35-26-32(24-25-33(35)40(2,3)34-17-11-19-37(43-36)39(34)42)41(30-15-8-5-9-16-30)31-22-20-29(21-23-31)28-13-6-4-7-14-28/h4-26H,1-3H3. The number of ether oxygens (including phenoxy) is 1. The molecule has 0 saturated heterocycles. The first-order valence-electron chi connectivity index (χ1n) is 14.9. The zero-order chi connectivity index (χ0) is 29.1. The molecule has 0 fully saturated rings. The van der Waals surface area contributed by atoms with E-state index in [9.17, 15) is 0 Å². The summed E-state index contributed by atoms with van der Waals surface area (Å²) in [6.07, 6.45) is 0. The van der Waals surface area contributed by atoms with Gasteiger partial charge in [-0.3, -0.25) is 0 Å². The molecule has 6 aromatic carbocycles. The summed E-state index contributed by atoms with van der Waals surface area (Å²) < 4.78 is 6.53. The Hall–Kier alpha value is -5.28. The molecule has 0 aliphatic carbocycles. The Bertz CT molecular complexity index is 1980. The Morgan fingerprint density at radius 2 is 1.14 bits per heavy atom. The van der Waals surface area contributed by atoms with E-state index in [-0.39, 0.29) is 5.41 Å². The molecule has 0 atom stereocenters. The second-order valence-corrected chi connectivity index (χ2v) is 11.9. The van der Waals surface area contributed by atoms with E-state index in [4.69, 9.17) is 4.74 Å². The molecule has 3 heteroatoms. The SMILES string of the molecule is Cc1cccc2c1N1c3cc(N(c4ccccc4)c4ccc(-c5ccccc5)cc4)ccc3C(C)(C)c3cccc(c31)O2. The largest absolute Gasteiger partial charge is 0.453 e. The van der Waals surface area contributed by atoms with Gasteiger partial charge < -0.3 is 14.5 Å². The second kappa shape index (κ2) is 9.64. The maximum absolute atomic E-state index is 6.53. The van der Waals surface area contributed by atoms with E-state index in [1.54, 1.807) is 0 Å². The molecular weight excluding hydrogens is 524 g/mol. The third kappa shape index (κ3) is 3.96. The highest BCUT2D eigenvalue weighted by atomic mass is 16.5. The van der Waals surface area contributed by atoms with Crippen molar-refractivity contribution in [3.05, 3.63) is 156 Å². The Morgan fingerprint density at radius 1 is 0.535 bits per heavy atom. The van der Waals surface area contributed by atoms with Crippen LogP contribution in [0.2, 0.25) is 0 Å². The van der Waals surface area contributed by atoms with Crippen LogP contribution in [-0.2, 0) is 5.41 Å². The smallest absolute Gasteiger partial charge is 0.151 e. The summed E-state index contributed by atoms with van der Waals surface area (Å²) >= 11 is 0. The minimum atomic E-state index is -0.200. The van der Waals surface area contributed by atoms with E-state index < -0.39 is 0 Å². The number of para-hydroxylation sites is 3. The highest BCUT2D eigenvalue weighted by Gasteiger charge is 2.42. The normalized spacial score (nSPS) is 13.8. The van der Waals surface area contributed by atoms with Gasteiger partial charge in [0.2, 0.25) is 0 Å². The molecular formula is C40H32N2O. The van der Waals surface area contributed by atoms with Crippen LogP contribution in [-0.4, -0.2) is 0 Å². The number of fused-ring (bicyclic) bond motifs is 4. The predicted octanol–water partition coefficient (Wildman–Crippen LogP) is 11.3. The number of anilines is 6. The lowest BCUT2D eigenvalue weighted by Crippen LogP contribution is -2.32. The Balaban J connectivity index is 1.33. The summed E-state index contributed by atoms with van der Waals surface area (Å²) in [5.74, 6) is 1.79. The number of nitrogens with zero attached hydrogens (tertiary/aromatic N) is 2. The van der Waals surface area contributed by atoms with Crippen LogP contribution in [0.15, 0.2) is 140 Å². The van der Waals surface area contributed by atoms with Crippen molar-refractivity contribution in [3.63, 3.8) is 0 Å². The van der Waals surface area contributed by atoms with Crippen LogP contribution in [0.1, 0.15) is 30.5 Å². The molecule has 8 rings (SSSR count). The zero-order valence-electron chi connectivity index (χ0n) is 24.6. The van der Waals surface area contributed by atoms with Gasteiger partial charge in [-0.05, 0) is 83.3 Å². The monoisotopic (exact) mass is 556 g/mol. The molecule has 2 heterocycles. The second-order valence-electron chi connectivity index (χ2n) is 11.9. The minimum absolute atomic E-state index is 0.200. The average molecular weight is 557 g/mol. The van der Waals surface area contributed by atoms with Gasteiger partial charge in [0.15, 0.2) is 11.5 Å². The van der Waals surface area contributed by atoms with Gasteiger partial charge in [0.25, 0.3) is 0 Å². The van der Waals surface area contributed by atoms with E-state index in [0.717, 1.165) is 39.9 Å². The molecule has 0 spiro atoms. The van der Waals surface area contributed by atoms with Gasteiger partial charge >= 0.3 is 0 Å². The van der Waals surface area contributed by atoms with E-state index >= 15 is 0 Å². The van der Waals surface area contributed by atoms with Crippen LogP contribution < -0.4 is 14.5 Å². The predicted molar refractivity (Wildman–Crippen MR) is 178 cm³/mol. The Morgan fingerprint density at radius 3 is 1.88 bits per heavy atom. The van der Waals surface area contributed by atoms with Gasteiger partial charge in [0, 0.05) is 22.5 Å². The van der Waals surface area contributed by atoms with Crippen molar-refractivity contribution in [2.24, 2.45) is 0 Å². The summed E-state index contributed by atoms with van der Waals surface area (Å²) in [6.45, 7) is 6.82. The summed E-state index contributed by atoms with van der Waals surface area (Å²) in [6, 6.07) is 49.8. The Kier molecular flexibility index (Phi) is 5.70. The van der Waals surface area contributed by atoms with Crippen LogP contribution in [0.3, 0.4) is 0 Å². The first kappa shape index (κ1) is 25.4. The van der Waals surface area contributed by atoms with Crippen molar-refractivity contribution < 1.29 is 4.74 Å².